The van der Waals surface area contributed by atoms with Crippen LogP contribution in [0.15, 0.2) is 30.3 Å². The second-order valence-electron chi connectivity index (χ2n) is 8.03. The molecule has 1 saturated carbocycles. The predicted octanol–water partition coefficient (Wildman–Crippen LogP) is 1.96. The predicted molar refractivity (Wildman–Crippen MR) is 102 cm³/mol. The summed E-state index contributed by atoms with van der Waals surface area (Å²) in [4.78, 5) is 41.3. The van der Waals surface area contributed by atoms with Crippen molar-refractivity contribution in [3.05, 3.63) is 35.9 Å². The van der Waals surface area contributed by atoms with Crippen molar-refractivity contribution in [2.24, 2.45) is 0 Å². The van der Waals surface area contributed by atoms with Crippen LogP contribution in [0.25, 0.3) is 0 Å². The van der Waals surface area contributed by atoms with Crippen LogP contribution >= 0.6 is 0 Å². The van der Waals surface area contributed by atoms with E-state index in [1.54, 1.807) is 29.2 Å². The molecular formula is C21H27N3O4. The molecule has 2 N–H and O–H groups in total. The lowest BCUT2D eigenvalue weighted by molar-refractivity contribution is -0.133. The molecule has 0 radical (unpaired) electrons. The average Bonchev–Trinajstić information content (AvgIpc) is 2.98. The van der Waals surface area contributed by atoms with Crippen molar-refractivity contribution in [2.45, 2.75) is 69.2 Å². The van der Waals surface area contributed by atoms with E-state index >= 15 is 0 Å². The van der Waals surface area contributed by atoms with Crippen LogP contribution in [0.2, 0.25) is 0 Å². The van der Waals surface area contributed by atoms with Crippen molar-refractivity contribution in [3.63, 3.8) is 0 Å². The standard InChI is InChI=1S/C21H27N3O4/c25-18(14-7-3-1-4-8-14)19(26)22-15-11-12-23-17(13-15)20(27)24(21(23)28)16-9-5-2-6-10-16/h1,3-4,7-8,15-18,25H,2,5-6,9-13H2,(H,22,26)/t15-,17+,18+/m1/s1. The van der Waals surface area contributed by atoms with Gasteiger partial charge in [-0.15, -0.1) is 0 Å². The summed E-state index contributed by atoms with van der Waals surface area (Å²) in [7, 11) is 0. The van der Waals surface area contributed by atoms with Gasteiger partial charge in [0.25, 0.3) is 11.8 Å². The van der Waals surface area contributed by atoms with E-state index in [9.17, 15) is 19.5 Å². The summed E-state index contributed by atoms with van der Waals surface area (Å²) in [5.41, 5.74) is 0.535. The van der Waals surface area contributed by atoms with Crippen molar-refractivity contribution >= 4 is 17.8 Å². The molecule has 4 amide bonds. The van der Waals surface area contributed by atoms with Crippen molar-refractivity contribution in [1.82, 2.24) is 15.1 Å². The average molecular weight is 385 g/mol. The summed E-state index contributed by atoms with van der Waals surface area (Å²) in [6.07, 6.45) is 4.81. The lowest BCUT2D eigenvalue weighted by Crippen LogP contribution is -2.50. The highest BCUT2D eigenvalue weighted by Crippen LogP contribution is 2.32. The zero-order chi connectivity index (χ0) is 19.7. The molecule has 3 aliphatic rings. The Kier molecular flexibility index (Phi) is 5.35. The molecule has 2 aliphatic heterocycles. The zero-order valence-corrected chi connectivity index (χ0v) is 15.9. The molecule has 0 unspecified atom stereocenters. The molecule has 3 fully saturated rings. The number of amides is 4. The fourth-order valence-electron chi connectivity index (χ4n) is 4.69. The molecule has 7 nitrogen and oxygen atoms in total. The van der Waals surface area contributed by atoms with E-state index in [-0.39, 0.29) is 24.0 Å². The maximum Gasteiger partial charge on any atom is 0.327 e. The van der Waals surface area contributed by atoms with Gasteiger partial charge in [0.05, 0.1) is 0 Å². The molecule has 3 atom stereocenters. The van der Waals surface area contributed by atoms with E-state index in [0.717, 1.165) is 32.1 Å². The molecule has 2 saturated heterocycles. The Morgan fingerprint density at radius 3 is 2.50 bits per heavy atom. The summed E-state index contributed by atoms with van der Waals surface area (Å²) < 4.78 is 0. The van der Waals surface area contributed by atoms with E-state index in [1.165, 1.54) is 4.90 Å². The molecule has 150 valence electrons. The third kappa shape index (κ3) is 3.51. The lowest BCUT2D eigenvalue weighted by Gasteiger charge is -2.33. The fourth-order valence-corrected chi connectivity index (χ4v) is 4.69. The minimum absolute atomic E-state index is 0.0206. The van der Waals surface area contributed by atoms with E-state index in [1.807, 2.05) is 6.07 Å². The third-order valence-electron chi connectivity index (χ3n) is 6.23. The Balaban J connectivity index is 1.39. The molecule has 1 aromatic rings. The molecule has 1 aliphatic carbocycles. The molecule has 7 heteroatoms. The number of piperidine rings is 1. The molecule has 2 heterocycles. The number of hydrogen-bond acceptors (Lipinski definition) is 4. The first kappa shape index (κ1) is 18.9. The first-order valence-electron chi connectivity index (χ1n) is 10.2. The molecule has 0 bridgehead atoms. The molecular weight excluding hydrogens is 358 g/mol. The summed E-state index contributed by atoms with van der Waals surface area (Å²) >= 11 is 0. The van der Waals surface area contributed by atoms with Crippen LogP contribution in [-0.4, -0.2) is 57.4 Å². The molecule has 0 aromatic heterocycles. The van der Waals surface area contributed by atoms with Crippen molar-refractivity contribution in [3.8, 4) is 0 Å². The number of nitrogens with zero attached hydrogens (tertiary/aromatic N) is 2. The van der Waals surface area contributed by atoms with Crippen molar-refractivity contribution in [1.29, 1.82) is 0 Å². The lowest BCUT2D eigenvalue weighted by atomic mass is 9.93. The van der Waals surface area contributed by atoms with Gasteiger partial charge in [-0.25, -0.2) is 4.79 Å². The van der Waals surface area contributed by atoms with Gasteiger partial charge >= 0.3 is 6.03 Å². The number of rotatable bonds is 4. The second-order valence-corrected chi connectivity index (χ2v) is 8.03. The number of carbonyl (C=O) groups is 3. The van der Waals surface area contributed by atoms with Gasteiger partial charge in [-0.2, -0.15) is 0 Å². The van der Waals surface area contributed by atoms with Gasteiger partial charge in [-0.1, -0.05) is 49.6 Å². The van der Waals surface area contributed by atoms with Crippen LogP contribution in [0.1, 0.15) is 56.6 Å². The Labute approximate surface area is 164 Å². The highest BCUT2D eigenvalue weighted by molar-refractivity contribution is 6.04. The number of carbonyl (C=O) groups excluding carboxylic acids is 3. The quantitative estimate of drug-likeness (QED) is 0.776. The smallest absolute Gasteiger partial charge is 0.327 e. The van der Waals surface area contributed by atoms with E-state index in [0.29, 0.717) is 24.9 Å². The number of nitrogens with one attached hydrogen (secondary N) is 1. The van der Waals surface area contributed by atoms with Crippen LogP contribution in [0, 0.1) is 0 Å². The Morgan fingerprint density at radius 2 is 1.79 bits per heavy atom. The first-order chi connectivity index (χ1) is 13.6. The highest BCUT2D eigenvalue weighted by atomic mass is 16.3. The number of urea groups is 1. The number of benzene rings is 1. The largest absolute Gasteiger partial charge is 0.378 e. The molecule has 28 heavy (non-hydrogen) atoms. The van der Waals surface area contributed by atoms with Gasteiger partial charge in [0.15, 0.2) is 6.10 Å². The first-order valence-corrected chi connectivity index (χ1v) is 10.2. The minimum atomic E-state index is -1.24. The number of fused-ring (bicyclic) bond motifs is 1. The summed E-state index contributed by atoms with van der Waals surface area (Å²) in [5.74, 6) is -0.593. The number of imide groups is 1. The van der Waals surface area contributed by atoms with Gasteiger partial charge in [-0.05, 0) is 31.2 Å². The Morgan fingerprint density at radius 1 is 1.07 bits per heavy atom. The second kappa shape index (κ2) is 7.91. The van der Waals surface area contributed by atoms with Gasteiger partial charge in [0.1, 0.15) is 6.04 Å². The normalized spacial score (nSPS) is 26.9. The van der Waals surface area contributed by atoms with Gasteiger partial charge in [0.2, 0.25) is 0 Å². The number of aliphatic hydroxyl groups excluding tert-OH is 1. The van der Waals surface area contributed by atoms with Gasteiger partial charge < -0.3 is 15.3 Å². The molecule has 1 aromatic carbocycles. The van der Waals surface area contributed by atoms with Crippen LogP contribution in [0.5, 0.6) is 0 Å². The van der Waals surface area contributed by atoms with E-state index in [4.69, 9.17) is 0 Å². The highest BCUT2D eigenvalue weighted by Gasteiger charge is 2.50. The van der Waals surface area contributed by atoms with Crippen LogP contribution in [0.3, 0.4) is 0 Å². The zero-order valence-electron chi connectivity index (χ0n) is 15.9. The summed E-state index contributed by atoms with van der Waals surface area (Å²) in [6.45, 7) is 0.449. The third-order valence-corrected chi connectivity index (χ3v) is 6.23. The Hall–Kier alpha value is -2.41. The monoisotopic (exact) mass is 385 g/mol. The molecule has 4 rings (SSSR count). The van der Waals surface area contributed by atoms with Gasteiger partial charge in [0, 0.05) is 18.6 Å². The van der Waals surface area contributed by atoms with E-state index < -0.39 is 18.1 Å². The van der Waals surface area contributed by atoms with Crippen molar-refractivity contribution < 1.29 is 19.5 Å². The van der Waals surface area contributed by atoms with Crippen molar-refractivity contribution in [2.75, 3.05) is 6.54 Å². The maximum absolute atomic E-state index is 12.9. The topological polar surface area (TPSA) is 90.0 Å². The SMILES string of the molecule is O=C(N[C@@H]1CCN2C(=O)N(C3CCCCC3)C(=O)[C@@H]2C1)[C@@H](O)c1ccccc1. The minimum Gasteiger partial charge on any atom is -0.378 e. The van der Waals surface area contributed by atoms with Crippen LogP contribution < -0.4 is 5.32 Å². The molecule has 0 spiro atoms. The number of hydrogen-bond donors (Lipinski definition) is 2. The van der Waals surface area contributed by atoms with Crippen LogP contribution in [0.4, 0.5) is 4.79 Å². The summed E-state index contributed by atoms with van der Waals surface area (Å²) in [6, 6.07) is 7.90. The van der Waals surface area contributed by atoms with Gasteiger partial charge in [-0.3, -0.25) is 14.5 Å². The number of aliphatic hydroxyl groups is 1. The van der Waals surface area contributed by atoms with Crippen LogP contribution in [-0.2, 0) is 9.59 Å². The summed E-state index contributed by atoms with van der Waals surface area (Å²) in [5, 5.41) is 13.1. The maximum atomic E-state index is 12.9. The Bertz CT molecular complexity index is 747. The van der Waals surface area contributed by atoms with E-state index in [2.05, 4.69) is 5.32 Å². The fraction of sp³-hybridized carbons (Fsp3) is 0.571.